The van der Waals surface area contributed by atoms with Crippen LogP contribution in [0.3, 0.4) is 0 Å². The lowest BCUT2D eigenvalue weighted by Gasteiger charge is -1.92. The summed E-state index contributed by atoms with van der Waals surface area (Å²) in [5.74, 6) is -0.567. The fourth-order valence-electron chi connectivity index (χ4n) is 0.516. The van der Waals surface area contributed by atoms with Crippen molar-refractivity contribution in [3.63, 3.8) is 0 Å². The molecule has 0 radical (unpaired) electrons. The van der Waals surface area contributed by atoms with Crippen LogP contribution in [0, 0.1) is 5.82 Å². The van der Waals surface area contributed by atoms with E-state index in [0.717, 1.165) is 12.3 Å². The van der Waals surface area contributed by atoms with Gasteiger partial charge in [0.05, 0.1) is 6.20 Å². The molecule has 0 aliphatic rings. The van der Waals surface area contributed by atoms with Gasteiger partial charge in [0.15, 0.2) is 5.15 Å². The van der Waals surface area contributed by atoms with Crippen LogP contribution < -0.4 is 0 Å². The van der Waals surface area contributed by atoms with Crippen LogP contribution in [0.25, 0.3) is 0 Å². The van der Waals surface area contributed by atoms with Crippen molar-refractivity contribution in [3.8, 4) is 0 Å². The first-order valence-electron chi connectivity index (χ1n) is 4.55. The summed E-state index contributed by atoms with van der Waals surface area (Å²) in [6.07, 6.45) is 0.955. The molecule has 0 saturated carbocycles. The molecule has 86 valence electrons. The van der Waals surface area contributed by atoms with Gasteiger partial charge in [0.2, 0.25) is 11.5 Å². The summed E-state index contributed by atoms with van der Waals surface area (Å²) in [6, 6.07) is 1.04. The maximum absolute atomic E-state index is 12.4. The van der Waals surface area contributed by atoms with E-state index in [2.05, 4.69) is 9.35 Å². The van der Waals surface area contributed by atoms with Crippen LogP contribution in [-0.2, 0) is 11.5 Å². The van der Waals surface area contributed by atoms with Crippen molar-refractivity contribution >= 4 is 28.8 Å². The molecule has 0 spiro atoms. The fourth-order valence-corrected chi connectivity index (χ4v) is 0.931. The summed E-state index contributed by atoms with van der Waals surface area (Å²) < 4.78 is 25.6. The highest BCUT2D eigenvalue weighted by molar-refractivity contribution is 7.54. The van der Waals surface area contributed by atoms with Crippen molar-refractivity contribution in [1.29, 1.82) is 0 Å². The van der Waals surface area contributed by atoms with Gasteiger partial charge in [0.25, 0.3) is 0 Å². The summed E-state index contributed by atoms with van der Waals surface area (Å²) >= 11 is 5.41. The highest BCUT2D eigenvalue weighted by atomic mass is 35.5. The summed E-state index contributed by atoms with van der Waals surface area (Å²) in [7, 11) is 0. The standard InChI is InChI=1S/C5H2ClFN2OS.2C2H6/c6-5-4(9-11-10)1-3(7)2-8-5;2*1-2/h1-2H;2*1-2H3. The summed E-state index contributed by atoms with van der Waals surface area (Å²) in [5, 5.41) is 0.0229. The van der Waals surface area contributed by atoms with E-state index in [1.807, 2.05) is 27.7 Å². The van der Waals surface area contributed by atoms with E-state index >= 15 is 0 Å². The average molecular weight is 253 g/mol. The van der Waals surface area contributed by atoms with Gasteiger partial charge in [-0.1, -0.05) is 39.3 Å². The second-order valence-corrected chi connectivity index (χ2v) is 2.32. The third kappa shape index (κ3) is 7.16. The zero-order valence-electron chi connectivity index (χ0n) is 9.12. The van der Waals surface area contributed by atoms with Crippen molar-refractivity contribution in [2.45, 2.75) is 27.7 Å². The van der Waals surface area contributed by atoms with Crippen molar-refractivity contribution in [2.75, 3.05) is 0 Å². The molecule has 0 saturated heterocycles. The minimum absolute atomic E-state index is 0.0229. The Bertz CT molecular complexity index is 330. The largest absolute Gasteiger partial charge is 0.239 e. The van der Waals surface area contributed by atoms with Crippen LogP contribution in [-0.4, -0.2) is 9.19 Å². The van der Waals surface area contributed by atoms with Gasteiger partial charge in [-0.25, -0.2) is 9.37 Å². The third-order valence-electron chi connectivity index (χ3n) is 0.923. The van der Waals surface area contributed by atoms with Crippen molar-refractivity contribution in [1.82, 2.24) is 4.98 Å². The molecule has 0 N–H and O–H groups in total. The van der Waals surface area contributed by atoms with Crippen LogP contribution in [0.15, 0.2) is 16.6 Å². The van der Waals surface area contributed by atoms with Crippen molar-refractivity contribution in [3.05, 3.63) is 23.2 Å². The molecule has 15 heavy (non-hydrogen) atoms. The molecule has 0 fully saturated rings. The highest BCUT2D eigenvalue weighted by Crippen LogP contribution is 2.21. The minimum atomic E-state index is -0.567. The highest BCUT2D eigenvalue weighted by Gasteiger charge is 2.00. The number of rotatable bonds is 1. The molecule has 1 aromatic rings. The van der Waals surface area contributed by atoms with Crippen LogP contribution >= 0.6 is 11.6 Å². The van der Waals surface area contributed by atoms with Crippen molar-refractivity contribution in [2.24, 2.45) is 4.36 Å². The Labute approximate surface area is 97.9 Å². The predicted octanol–water partition coefficient (Wildman–Crippen LogP) is 3.95. The van der Waals surface area contributed by atoms with E-state index < -0.39 is 5.82 Å². The quantitative estimate of drug-likeness (QED) is 0.710. The summed E-state index contributed by atoms with van der Waals surface area (Å²) in [6.45, 7) is 8.00. The second kappa shape index (κ2) is 11.3. The Morgan fingerprint density at radius 2 is 1.93 bits per heavy atom. The summed E-state index contributed by atoms with van der Waals surface area (Å²) in [4.78, 5) is 3.44. The first-order valence-corrected chi connectivity index (χ1v) is 5.63. The maximum Gasteiger partial charge on any atom is 0.205 e. The van der Waals surface area contributed by atoms with Crippen molar-refractivity contribution < 1.29 is 8.60 Å². The molecule has 0 amide bonds. The van der Waals surface area contributed by atoms with Crippen LogP contribution in [0.4, 0.5) is 10.1 Å². The normalized spacial score (nSPS) is 7.60. The molecule has 6 heteroatoms. The van der Waals surface area contributed by atoms with Crippen LogP contribution in [0.1, 0.15) is 27.7 Å². The van der Waals surface area contributed by atoms with Gasteiger partial charge < -0.3 is 0 Å². The van der Waals surface area contributed by atoms with Crippen LogP contribution in [0.5, 0.6) is 0 Å². The number of aromatic nitrogens is 1. The average Bonchev–Trinajstić information content (AvgIpc) is 2.29. The predicted molar refractivity (Wildman–Crippen MR) is 62.1 cm³/mol. The number of halogens is 2. The lowest BCUT2D eigenvalue weighted by atomic mass is 10.4. The van der Waals surface area contributed by atoms with Gasteiger partial charge in [-0.05, 0) is 0 Å². The van der Waals surface area contributed by atoms with Crippen LogP contribution in [0.2, 0.25) is 5.15 Å². The van der Waals surface area contributed by atoms with E-state index in [1.165, 1.54) is 0 Å². The molecule has 3 nitrogen and oxygen atoms in total. The fraction of sp³-hybridized carbons (Fsp3) is 0.444. The number of pyridine rings is 1. The van der Waals surface area contributed by atoms with Gasteiger partial charge in [0, 0.05) is 6.07 Å². The Hall–Kier alpha value is -0.810. The van der Waals surface area contributed by atoms with E-state index in [-0.39, 0.29) is 22.3 Å². The van der Waals surface area contributed by atoms with Gasteiger partial charge in [-0.3, -0.25) is 0 Å². The Morgan fingerprint density at radius 1 is 1.40 bits per heavy atom. The number of hydrogen-bond donors (Lipinski definition) is 0. The Morgan fingerprint density at radius 3 is 2.40 bits per heavy atom. The summed E-state index contributed by atoms with van der Waals surface area (Å²) in [5.41, 5.74) is 0.0617. The Kier molecular flexibility index (Phi) is 12.5. The maximum atomic E-state index is 12.4. The zero-order chi connectivity index (χ0) is 12.3. The van der Waals surface area contributed by atoms with E-state index in [4.69, 9.17) is 11.6 Å². The van der Waals surface area contributed by atoms with Gasteiger partial charge in [0.1, 0.15) is 11.5 Å². The number of hydrogen-bond acceptors (Lipinski definition) is 3. The van der Waals surface area contributed by atoms with Gasteiger partial charge >= 0.3 is 0 Å². The lowest BCUT2D eigenvalue weighted by Crippen LogP contribution is -1.78. The SMILES string of the molecule is CC.CC.O=S=Nc1cc(F)cnc1Cl. The molecule has 1 rings (SSSR count). The first kappa shape index (κ1) is 16.6. The second-order valence-electron chi connectivity index (χ2n) is 1.63. The lowest BCUT2D eigenvalue weighted by molar-refractivity contribution is 0.622. The van der Waals surface area contributed by atoms with Gasteiger partial charge in [-0.15, -0.1) is 0 Å². The molecular formula is C9H14ClFN2OS. The molecule has 1 heterocycles. The van der Waals surface area contributed by atoms with E-state index in [1.54, 1.807) is 0 Å². The molecule has 0 aliphatic carbocycles. The Balaban J connectivity index is 0. The van der Waals surface area contributed by atoms with E-state index in [9.17, 15) is 8.60 Å². The zero-order valence-corrected chi connectivity index (χ0v) is 10.7. The first-order chi connectivity index (χ1) is 7.24. The van der Waals surface area contributed by atoms with E-state index in [0.29, 0.717) is 0 Å². The smallest absolute Gasteiger partial charge is 0.205 e. The molecule has 0 aliphatic heterocycles. The molecule has 0 atom stereocenters. The molecule has 0 unspecified atom stereocenters. The molecule has 1 aromatic heterocycles. The number of nitrogens with zero attached hydrogens (tertiary/aromatic N) is 2. The monoisotopic (exact) mass is 252 g/mol. The molecular weight excluding hydrogens is 239 g/mol. The van der Waals surface area contributed by atoms with Gasteiger partial charge in [-0.2, -0.15) is 8.57 Å². The minimum Gasteiger partial charge on any atom is -0.239 e. The topological polar surface area (TPSA) is 42.3 Å². The molecule has 0 bridgehead atoms. The third-order valence-corrected chi connectivity index (χ3v) is 1.49. The molecule has 0 aromatic carbocycles.